The fraction of sp³-hybridized carbons (Fsp3) is 0.618. The Hall–Kier alpha value is -2.66. The molecule has 2 aliphatic rings. The van der Waals surface area contributed by atoms with Gasteiger partial charge in [0.2, 0.25) is 17.4 Å². The lowest BCUT2D eigenvalue weighted by atomic mass is 9.78. The minimum Gasteiger partial charge on any atom is -0.744 e. The van der Waals surface area contributed by atoms with Gasteiger partial charge in [0.25, 0.3) is 0 Å². The Morgan fingerprint density at radius 2 is 1.36 bits per heavy atom. The molecule has 2 aromatic carbocycles. The van der Waals surface area contributed by atoms with Crippen LogP contribution in [0.5, 0.6) is 11.5 Å². The highest BCUT2D eigenvalue weighted by molar-refractivity contribution is 7.85. The molecule has 0 amide bonds. The summed E-state index contributed by atoms with van der Waals surface area (Å²) in [7, 11) is -5.89. The molecule has 45 heavy (non-hydrogen) atoms. The maximum atomic E-state index is 15.3. The van der Waals surface area contributed by atoms with Crippen molar-refractivity contribution < 1.29 is 44.8 Å². The van der Waals surface area contributed by atoms with E-state index in [1.165, 1.54) is 0 Å². The van der Waals surface area contributed by atoms with Crippen LogP contribution in [0, 0.1) is 29.2 Å². The van der Waals surface area contributed by atoms with Crippen molar-refractivity contribution in [2.24, 2.45) is 5.92 Å². The Bertz CT molecular complexity index is 1460. The first-order chi connectivity index (χ1) is 21.2. The highest BCUT2D eigenvalue weighted by Crippen LogP contribution is 2.46. The van der Waals surface area contributed by atoms with Gasteiger partial charge < -0.3 is 14.0 Å². The van der Waals surface area contributed by atoms with Crippen LogP contribution < -0.4 is 4.74 Å². The van der Waals surface area contributed by atoms with Crippen molar-refractivity contribution in [2.75, 3.05) is 0 Å². The van der Waals surface area contributed by atoms with Crippen molar-refractivity contribution in [3.63, 3.8) is 0 Å². The zero-order chi connectivity index (χ0) is 33.1. The molecule has 2 aromatic rings. The van der Waals surface area contributed by atoms with E-state index >= 15 is 8.78 Å². The molecule has 6 nitrogen and oxygen atoms in total. The monoisotopic (exact) mass is 655 g/mol. The van der Waals surface area contributed by atoms with Crippen LogP contribution in [0.15, 0.2) is 17.0 Å². The third kappa shape index (κ3) is 7.50. The van der Waals surface area contributed by atoms with Gasteiger partial charge in [0.15, 0.2) is 11.6 Å². The number of ether oxygens (including phenoxy) is 2. The molecule has 2 fully saturated rings. The van der Waals surface area contributed by atoms with Gasteiger partial charge in [-0.3, -0.25) is 4.79 Å². The molecule has 0 aromatic heterocycles. The van der Waals surface area contributed by atoms with Crippen molar-refractivity contribution >= 4 is 16.1 Å². The Labute approximate surface area is 263 Å². The van der Waals surface area contributed by atoms with E-state index in [0.29, 0.717) is 18.4 Å². The quantitative estimate of drug-likeness (QED) is 0.104. The number of esters is 1. The molecule has 0 radical (unpaired) electrons. The lowest BCUT2D eigenvalue weighted by Gasteiger charge is -2.35. The van der Waals surface area contributed by atoms with Crippen LogP contribution in [0.2, 0.25) is 0 Å². The van der Waals surface area contributed by atoms with E-state index in [9.17, 15) is 26.5 Å². The van der Waals surface area contributed by atoms with Gasteiger partial charge in [0.05, 0.1) is 6.42 Å². The molecular weight excluding hydrogens is 612 g/mol. The molecule has 2 aliphatic carbocycles. The van der Waals surface area contributed by atoms with E-state index < -0.39 is 55.6 Å². The van der Waals surface area contributed by atoms with Gasteiger partial charge in [-0.15, -0.1) is 0 Å². The summed E-state index contributed by atoms with van der Waals surface area (Å²) in [6.45, 7) is 7.77. The summed E-state index contributed by atoms with van der Waals surface area (Å²) in [5.74, 6) is -11.2. The van der Waals surface area contributed by atoms with Crippen LogP contribution in [0.4, 0.5) is 17.6 Å². The molecule has 250 valence electrons. The van der Waals surface area contributed by atoms with Crippen LogP contribution in [0.25, 0.3) is 0 Å². The first-order valence-corrected chi connectivity index (χ1v) is 17.5. The van der Waals surface area contributed by atoms with E-state index in [0.717, 1.165) is 69.8 Å². The highest BCUT2D eigenvalue weighted by Gasteiger charge is 2.36. The molecule has 0 bridgehead atoms. The fourth-order valence-electron chi connectivity index (χ4n) is 7.13. The number of benzene rings is 2. The SMILES string of the molecule is CCC(CC)(OC(=O)Cc1cc(C2CCCCC2)cc(C2CCCCC2)c1Oc1c(F)c(F)c(S(=O)(=O)[O-])c(F)c1F)C(C)C. The molecule has 0 unspecified atom stereocenters. The van der Waals surface area contributed by atoms with E-state index in [2.05, 4.69) is 0 Å². The van der Waals surface area contributed by atoms with E-state index in [1.54, 1.807) is 6.07 Å². The molecule has 4 rings (SSSR count). The van der Waals surface area contributed by atoms with Crippen LogP contribution >= 0.6 is 0 Å². The summed E-state index contributed by atoms with van der Waals surface area (Å²) in [5, 5.41) is 0. The molecule has 0 spiro atoms. The number of halogens is 4. The van der Waals surface area contributed by atoms with Gasteiger partial charge in [-0.1, -0.05) is 78.4 Å². The third-order valence-electron chi connectivity index (χ3n) is 9.88. The summed E-state index contributed by atoms with van der Waals surface area (Å²) >= 11 is 0. The summed E-state index contributed by atoms with van der Waals surface area (Å²) in [6.07, 6.45) is 10.1. The van der Waals surface area contributed by atoms with Crippen molar-refractivity contribution in [1.29, 1.82) is 0 Å². The minimum atomic E-state index is -5.89. The Morgan fingerprint density at radius 3 is 1.82 bits per heavy atom. The fourth-order valence-corrected chi connectivity index (χ4v) is 7.75. The number of hydrogen-bond acceptors (Lipinski definition) is 6. The third-order valence-corrected chi connectivity index (χ3v) is 10.7. The van der Waals surface area contributed by atoms with Gasteiger partial charge in [0.1, 0.15) is 26.4 Å². The second-order valence-electron chi connectivity index (χ2n) is 12.8. The Morgan fingerprint density at radius 1 is 0.844 bits per heavy atom. The molecular formula is C34H43F4O6S-. The second kappa shape index (κ2) is 14.4. The molecule has 0 N–H and O–H groups in total. The van der Waals surface area contributed by atoms with Gasteiger partial charge in [-0.25, -0.2) is 17.2 Å². The summed E-state index contributed by atoms with van der Waals surface area (Å²) in [6, 6.07) is 3.68. The zero-order valence-corrected chi connectivity index (χ0v) is 27.3. The molecule has 11 heteroatoms. The minimum absolute atomic E-state index is 0.00323. The van der Waals surface area contributed by atoms with Crippen LogP contribution in [-0.4, -0.2) is 24.5 Å². The lowest BCUT2D eigenvalue weighted by Crippen LogP contribution is -2.39. The Kier molecular flexibility index (Phi) is 11.3. The number of carbonyl (C=O) groups is 1. The van der Waals surface area contributed by atoms with Crippen molar-refractivity contribution in [1.82, 2.24) is 0 Å². The summed E-state index contributed by atoms with van der Waals surface area (Å²) in [5.41, 5.74) is 1.04. The maximum Gasteiger partial charge on any atom is 0.310 e. The molecule has 0 aliphatic heterocycles. The maximum absolute atomic E-state index is 15.3. The normalized spacial score (nSPS) is 17.1. The van der Waals surface area contributed by atoms with Crippen molar-refractivity contribution in [3.8, 4) is 11.5 Å². The Balaban J connectivity index is 1.91. The van der Waals surface area contributed by atoms with Crippen LogP contribution in [0.3, 0.4) is 0 Å². The topological polar surface area (TPSA) is 92.7 Å². The zero-order valence-electron chi connectivity index (χ0n) is 26.4. The number of rotatable bonds is 11. The number of carbonyl (C=O) groups excluding carboxylic acids is 1. The number of hydrogen-bond donors (Lipinski definition) is 0. The van der Waals surface area contributed by atoms with E-state index in [4.69, 9.17) is 9.47 Å². The predicted octanol–water partition coefficient (Wildman–Crippen LogP) is 9.34. The average molecular weight is 656 g/mol. The first kappa shape index (κ1) is 35.2. The van der Waals surface area contributed by atoms with Crippen LogP contribution in [0.1, 0.15) is 133 Å². The lowest BCUT2D eigenvalue weighted by molar-refractivity contribution is -0.165. The second-order valence-corrected chi connectivity index (χ2v) is 14.1. The van der Waals surface area contributed by atoms with Gasteiger partial charge in [-0.2, -0.15) is 8.78 Å². The van der Waals surface area contributed by atoms with E-state index in [-0.39, 0.29) is 35.5 Å². The molecule has 0 saturated heterocycles. The summed E-state index contributed by atoms with van der Waals surface area (Å²) in [4.78, 5) is 11.3. The van der Waals surface area contributed by atoms with E-state index in [1.807, 2.05) is 33.8 Å². The molecule has 2 saturated carbocycles. The summed E-state index contributed by atoms with van der Waals surface area (Å²) < 4.78 is 106. The average Bonchev–Trinajstić information content (AvgIpc) is 3.01. The van der Waals surface area contributed by atoms with Gasteiger partial charge >= 0.3 is 5.97 Å². The largest absolute Gasteiger partial charge is 0.744 e. The molecule has 0 heterocycles. The first-order valence-electron chi connectivity index (χ1n) is 16.1. The molecule has 0 atom stereocenters. The van der Waals surface area contributed by atoms with Crippen LogP contribution in [-0.2, 0) is 26.1 Å². The highest BCUT2D eigenvalue weighted by atomic mass is 32.2. The predicted molar refractivity (Wildman–Crippen MR) is 160 cm³/mol. The van der Waals surface area contributed by atoms with Gasteiger partial charge in [0, 0.05) is 5.56 Å². The standard InChI is InChI=1S/C34H44F4O6S/c1-5-34(6-2,20(3)4)44-26(39)19-24-17-23(21-13-9-7-10-14-21)18-25(22-15-11-8-12-16-22)31(24)43-32-27(35)29(37)33(45(40,41)42)30(38)28(32)36/h17-18,20-22H,5-16,19H2,1-4H3,(H,40,41,42)/p-1. The van der Waals surface area contributed by atoms with Gasteiger partial charge in [-0.05, 0) is 67.4 Å². The van der Waals surface area contributed by atoms with Crippen molar-refractivity contribution in [3.05, 3.63) is 52.1 Å². The van der Waals surface area contributed by atoms with Crippen molar-refractivity contribution in [2.45, 2.75) is 133 Å². The smallest absolute Gasteiger partial charge is 0.310 e.